The molecule has 2 amide bonds. The summed E-state index contributed by atoms with van der Waals surface area (Å²) in [5, 5.41) is 7.43. The molecule has 1 aliphatic rings. The topological polar surface area (TPSA) is 130 Å². The number of methoxy groups -OCH3 is 1. The van der Waals surface area contributed by atoms with Crippen LogP contribution in [0.3, 0.4) is 0 Å². The number of thiazole rings is 1. The Bertz CT molecular complexity index is 1180. The van der Waals surface area contributed by atoms with Crippen LogP contribution < -0.4 is 25.3 Å². The third-order valence-corrected chi connectivity index (χ3v) is 6.38. The minimum Gasteiger partial charge on any atom is -0.486 e. The van der Waals surface area contributed by atoms with E-state index >= 15 is 0 Å². The van der Waals surface area contributed by atoms with E-state index in [0.717, 1.165) is 11.3 Å². The molecule has 3 aromatic rings. The van der Waals surface area contributed by atoms with Gasteiger partial charge in [-0.2, -0.15) is 10.1 Å². The molecule has 0 unspecified atom stereocenters. The van der Waals surface area contributed by atoms with Gasteiger partial charge in [0.15, 0.2) is 4.88 Å². The van der Waals surface area contributed by atoms with Crippen LogP contribution in [0.2, 0.25) is 0 Å². The largest absolute Gasteiger partial charge is 0.486 e. The van der Waals surface area contributed by atoms with Crippen LogP contribution in [-0.2, 0) is 0 Å². The standard InChI is InChI=1S/C21H23F2N5O5S/c1-31-21-27-20(17(34-21)18(24)29)33-12-4-2-11(3-5-12)26-19(30)14-8-25-28-9-13(6-7-15(14)28)32-10-16(22)23/h6-9,11-12,16H,2-5,10H2,1H3,(H2,24,29)(H,26,30)/t11-,12-. The number of nitrogens with zero attached hydrogens (tertiary/aromatic N) is 3. The zero-order chi connectivity index (χ0) is 24.2. The Balaban J connectivity index is 1.33. The average molecular weight is 496 g/mol. The predicted molar refractivity (Wildman–Crippen MR) is 118 cm³/mol. The maximum Gasteiger partial charge on any atom is 0.277 e. The molecule has 0 aliphatic heterocycles. The fourth-order valence-corrected chi connectivity index (χ4v) is 4.41. The monoisotopic (exact) mass is 495 g/mol. The summed E-state index contributed by atoms with van der Waals surface area (Å²) in [6.45, 7) is -0.716. The third-order valence-electron chi connectivity index (χ3n) is 5.37. The molecule has 0 bridgehead atoms. The molecule has 1 aliphatic carbocycles. The number of rotatable bonds is 9. The molecule has 0 radical (unpaired) electrons. The normalized spacial score (nSPS) is 18.1. The van der Waals surface area contributed by atoms with Gasteiger partial charge in [0.25, 0.3) is 23.4 Å². The second kappa shape index (κ2) is 10.2. The lowest BCUT2D eigenvalue weighted by Crippen LogP contribution is -2.39. The molecule has 4 rings (SSSR count). The molecule has 3 N–H and O–H groups in total. The number of hydrogen-bond acceptors (Lipinski definition) is 8. The maximum absolute atomic E-state index is 12.8. The first-order valence-electron chi connectivity index (χ1n) is 10.5. The number of fused-ring (bicyclic) bond motifs is 1. The molecule has 0 saturated heterocycles. The first-order chi connectivity index (χ1) is 16.3. The summed E-state index contributed by atoms with van der Waals surface area (Å²) in [7, 11) is 1.45. The van der Waals surface area contributed by atoms with Crippen molar-refractivity contribution in [2.45, 2.75) is 44.3 Å². The molecule has 3 aromatic heterocycles. The van der Waals surface area contributed by atoms with Crippen LogP contribution in [0.15, 0.2) is 24.5 Å². The fourth-order valence-electron chi connectivity index (χ4n) is 3.74. The number of carbonyl (C=O) groups is 2. The molecular weight excluding hydrogens is 472 g/mol. The Labute approximate surface area is 197 Å². The van der Waals surface area contributed by atoms with Crippen LogP contribution in [0, 0.1) is 0 Å². The lowest BCUT2D eigenvalue weighted by Gasteiger charge is -2.29. The van der Waals surface area contributed by atoms with Crippen molar-refractivity contribution in [3.8, 4) is 16.8 Å². The Hall–Kier alpha value is -3.48. The van der Waals surface area contributed by atoms with Gasteiger partial charge in [0.2, 0.25) is 5.88 Å². The summed E-state index contributed by atoms with van der Waals surface area (Å²) in [5.74, 6) is -0.498. The zero-order valence-corrected chi connectivity index (χ0v) is 19.0. The van der Waals surface area contributed by atoms with Crippen molar-refractivity contribution >= 4 is 28.7 Å². The van der Waals surface area contributed by atoms with E-state index in [4.69, 9.17) is 19.9 Å². The van der Waals surface area contributed by atoms with Crippen LogP contribution in [-0.4, -0.2) is 58.7 Å². The predicted octanol–water partition coefficient (Wildman–Crippen LogP) is 2.66. The van der Waals surface area contributed by atoms with E-state index in [0.29, 0.717) is 42.0 Å². The summed E-state index contributed by atoms with van der Waals surface area (Å²) in [5.41, 5.74) is 6.30. The van der Waals surface area contributed by atoms with Crippen molar-refractivity contribution in [1.29, 1.82) is 0 Å². The smallest absolute Gasteiger partial charge is 0.277 e. The van der Waals surface area contributed by atoms with E-state index in [1.165, 1.54) is 30.1 Å². The second-order valence-electron chi connectivity index (χ2n) is 7.70. The van der Waals surface area contributed by atoms with Crippen LogP contribution >= 0.6 is 11.3 Å². The van der Waals surface area contributed by atoms with Gasteiger partial charge in [-0.25, -0.2) is 13.3 Å². The summed E-state index contributed by atoms with van der Waals surface area (Å²) < 4.78 is 42.0. The van der Waals surface area contributed by atoms with E-state index in [2.05, 4.69) is 15.4 Å². The lowest BCUT2D eigenvalue weighted by atomic mass is 9.92. The first kappa shape index (κ1) is 23.7. The molecule has 1 fully saturated rings. The van der Waals surface area contributed by atoms with Crippen molar-refractivity contribution < 1.29 is 32.6 Å². The highest BCUT2D eigenvalue weighted by atomic mass is 32.1. The van der Waals surface area contributed by atoms with Gasteiger partial charge >= 0.3 is 0 Å². The summed E-state index contributed by atoms with van der Waals surface area (Å²) in [4.78, 5) is 28.8. The Kier molecular flexibility index (Phi) is 7.10. The third kappa shape index (κ3) is 5.35. The molecule has 34 heavy (non-hydrogen) atoms. The van der Waals surface area contributed by atoms with Crippen molar-refractivity contribution in [3.05, 3.63) is 35.0 Å². The number of hydrogen-bond donors (Lipinski definition) is 2. The summed E-state index contributed by atoms with van der Waals surface area (Å²) in [6, 6.07) is 3.06. The van der Waals surface area contributed by atoms with Crippen molar-refractivity contribution in [1.82, 2.24) is 19.9 Å². The number of aromatic nitrogens is 3. The van der Waals surface area contributed by atoms with Gasteiger partial charge in [-0.1, -0.05) is 11.3 Å². The fraction of sp³-hybridized carbons (Fsp3) is 0.429. The molecular formula is C21H23F2N5O5S. The SMILES string of the molecule is COc1nc(O[C@H]2CC[C@H](NC(=O)c3cnn4cc(OCC(F)F)ccc34)CC2)c(C(N)=O)s1. The van der Waals surface area contributed by atoms with Crippen molar-refractivity contribution in [2.75, 3.05) is 13.7 Å². The highest BCUT2D eigenvalue weighted by molar-refractivity contribution is 7.15. The number of alkyl halides is 2. The number of halogens is 2. The van der Waals surface area contributed by atoms with Gasteiger partial charge in [0.1, 0.15) is 18.5 Å². The molecule has 182 valence electrons. The lowest BCUT2D eigenvalue weighted by molar-refractivity contribution is 0.0816. The number of ether oxygens (including phenoxy) is 3. The Morgan fingerprint density at radius 3 is 2.74 bits per heavy atom. The average Bonchev–Trinajstić information content (AvgIpc) is 3.42. The molecule has 0 spiro atoms. The number of amides is 2. The van der Waals surface area contributed by atoms with Gasteiger partial charge in [-0.3, -0.25) is 9.59 Å². The molecule has 10 nitrogen and oxygen atoms in total. The van der Waals surface area contributed by atoms with Crippen LogP contribution in [0.4, 0.5) is 8.78 Å². The number of carbonyl (C=O) groups excluding carboxylic acids is 2. The molecule has 3 heterocycles. The highest BCUT2D eigenvalue weighted by Gasteiger charge is 2.27. The van der Waals surface area contributed by atoms with Gasteiger partial charge in [-0.15, -0.1) is 0 Å². The number of nitrogens with two attached hydrogens (primary N) is 1. The molecule has 13 heteroatoms. The first-order valence-corrected chi connectivity index (χ1v) is 11.4. The molecule has 1 saturated carbocycles. The molecule has 0 atom stereocenters. The van der Waals surface area contributed by atoms with Gasteiger partial charge < -0.3 is 25.3 Å². The van der Waals surface area contributed by atoms with E-state index in [1.807, 2.05) is 0 Å². The summed E-state index contributed by atoms with van der Waals surface area (Å²) >= 11 is 1.03. The minimum absolute atomic E-state index is 0.0588. The zero-order valence-electron chi connectivity index (χ0n) is 18.2. The van der Waals surface area contributed by atoms with E-state index in [9.17, 15) is 18.4 Å². The van der Waals surface area contributed by atoms with Crippen molar-refractivity contribution in [2.24, 2.45) is 5.73 Å². The Morgan fingerprint density at radius 2 is 2.06 bits per heavy atom. The number of nitrogens with one attached hydrogen (secondary N) is 1. The molecule has 0 aromatic carbocycles. The van der Waals surface area contributed by atoms with Gasteiger partial charge in [0.05, 0.1) is 30.6 Å². The minimum atomic E-state index is -2.58. The summed E-state index contributed by atoms with van der Waals surface area (Å²) in [6.07, 6.45) is 2.79. The maximum atomic E-state index is 12.8. The van der Waals surface area contributed by atoms with Gasteiger partial charge in [0, 0.05) is 6.04 Å². The Morgan fingerprint density at radius 1 is 1.29 bits per heavy atom. The van der Waals surface area contributed by atoms with E-state index in [1.54, 1.807) is 6.07 Å². The number of pyridine rings is 1. The highest BCUT2D eigenvalue weighted by Crippen LogP contribution is 2.33. The van der Waals surface area contributed by atoms with E-state index in [-0.39, 0.29) is 34.6 Å². The second-order valence-corrected chi connectivity index (χ2v) is 8.66. The number of primary amides is 1. The van der Waals surface area contributed by atoms with Crippen molar-refractivity contribution in [3.63, 3.8) is 0 Å². The van der Waals surface area contributed by atoms with Gasteiger partial charge in [-0.05, 0) is 37.8 Å². The quantitative estimate of drug-likeness (QED) is 0.467. The van der Waals surface area contributed by atoms with Crippen LogP contribution in [0.5, 0.6) is 16.8 Å². The van der Waals surface area contributed by atoms with Crippen LogP contribution in [0.25, 0.3) is 5.52 Å². The van der Waals surface area contributed by atoms with E-state index < -0.39 is 18.9 Å². The van der Waals surface area contributed by atoms with Crippen LogP contribution in [0.1, 0.15) is 45.7 Å².